The number of aliphatic hydroxyl groups excluding tert-OH is 1. The minimum atomic E-state index is -0.303. The highest BCUT2D eigenvalue weighted by Gasteiger charge is 2.22. The van der Waals surface area contributed by atoms with Crippen LogP contribution in [-0.2, 0) is 6.54 Å². The summed E-state index contributed by atoms with van der Waals surface area (Å²) in [6.45, 7) is 1.16. The molecular weight excluding hydrogens is 395 g/mol. The van der Waals surface area contributed by atoms with Crippen LogP contribution in [0.1, 0.15) is 37.8 Å². The normalized spacial score (nSPS) is 17.7. The van der Waals surface area contributed by atoms with Gasteiger partial charge in [0.25, 0.3) is 0 Å². The second-order valence-electron chi connectivity index (χ2n) is 5.74. The van der Waals surface area contributed by atoms with Gasteiger partial charge in [-0.15, -0.1) is 24.0 Å². The Labute approximate surface area is 149 Å². The first-order valence-corrected chi connectivity index (χ1v) is 7.70. The van der Waals surface area contributed by atoms with Crippen LogP contribution in [0, 0.1) is 5.92 Å². The van der Waals surface area contributed by atoms with E-state index in [0.29, 0.717) is 19.0 Å². The van der Waals surface area contributed by atoms with Crippen molar-refractivity contribution in [2.45, 2.75) is 44.8 Å². The number of hydrogen-bond donors (Lipinski definition) is 2. The van der Waals surface area contributed by atoms with E-state index in [2.05, 4.69) is 15.5 Å². The van der Waals surface area contributed by atoms with Crippen molar-refractivity contribution >= 4 is 29.9 Å². The molecule has 1 fully saturated rings. The maximum Gasteiger partial charge on any atom is 0.193 e. The molecule has 2 rings (SSSR count). The molecule has 1 atom stereocenters. The summed E-state index contributed by atoms with van der Waals surface area (Å²) in [5.41, 5.74) is 0.855. The lowest BCUT2D eigenvalue weighted by Gasteiger charge is -2.28. The second kappa shape index (κ2) is 10.0. The number of nitrogens with zero attached hydrogens (tertiary/aromatic N) is 3. The van der Waals surface area contributed by atoms with Gasteiger partial charge in [-0.2, -0.15) is 0 Å². The minimum absolute atomic E-state index is 0. The summed E-state index contributed by atoms with van der Waals surface area (Å²) in [4.78, 5) is 6.21. The maximum absolute atomic E-state index is 10.3. The van der Waals surface area contributed by atoms with Gasteiger partial charge in [-0.25, -0.2) is 0 Å². The minimum Gasteiger partial charge on any atom is -0.391 e. The first kappa shape index (κ1) is 19.2. The second-order valence-corrected chi connectivity index (χ2v) is 5.74. The van der Waals surface area contributed by atoms with Crippen molar-refractivity contribution < 1.29 is 9.63 Å². The number of aromatic nitrogens is 1. The van der Waals surface area contributed by atoms with Crippen molar-refractivity contribution in [2.75, 3.05) is 20.6 Å². The number of nitrogens with one attached hydrogen (secondary N) is 1. The topological polar surface area (TPSA) is 73.9 Å². The Balaban J connectivity index is 0.00000242. The zero-order valence-electron chi connectivity index (χ0n) is 13.4. The first-order chi connectivity index (χ1) is 10.2. The van der Waals surface area contributed by atoms with E-state index in [1.54, 1.807) is 13.3 Å². The lowest BCUT2D eigenvalue weighted by Crippen LogP contribution is -2.43. The van der Waals surface area contributed by atoms with Gasteiger partial charge in [0.1, 0.15) is 12.0 Å². The third-order valence-electron chi connectivity index (χ3n) is 4.13. The summed E-state index contributed by atoms with van der Waals surface area (Å²) >= 11 is 0. The molecule has 1 aliphatic rings. The molecule has 1 aromatic rings. The average molecular weight is 422 g/mol. The van der Waals surface area contributed by atoms with Gasteiger partial charge >= 0.3 is 0 Å². The van der Waals surface area contributed by atoms with E-state index in [9.17, 15) is 5.11 Å². The van der Waals surface area contributed by atoms with Crippen molar-refractivity contribution in [1.82, 2.24) is 15.4 Å². The average Bonchev–Trinajstić information content (AvgIpc) is 3.01. The van der Waals surface area contributed by atoms with Gasteiger partial charge in [-0.3, -0.25) is 4.99 Å². The van der Waals surface area contributed by atoms with Crippen molar-refractivity contribution in [1.29, 1.82) is 0 Å². The van der Waals surface area contributed by atoms with Crippen LogP contribution in [0.5, 0.6) is 0 Å². The van der Waals surface area contributed by atoms with Crippen LogP contribution in [0.25, 0.3) is 0 Å². The van der Waals surface area contributed by atoms with Gasteiger partial charge in [0.2, 0.25) is 0 Å². The molecule has 126 valence electrons. The summed E-state index contributed by atoms with van der Waals surface area (Å²) in [6, 6.07) is 1.83. The van der Waals surface area contributed by atoms with E-state index in [1.807, 2.05) is 18.0 Å². The van der Waals surface area contributed by atoms with Crippen LogP contribution >= 0.6 is 24.0 Å². The summed E-state index contributed by atoms with van der Waals surface area (Å²) in [6.07, 6.45) is 7.31. The zero-order chi connectivity index (χ0) is 15.1. The van der Waals surface area contributed by atoms with Crippen molar-refractivity contribution in [3.05, 3.63) is 18.0 Å². The summed E-state index contributed by atoms with van der Waals surface area (Å²) < 4.78 is 4.83. The molecule has 1 unspecified atom stereocenters. The molecule has 0 radical (unpaired) electrons. The van der Waals surface area contributed by atoms with Crippen molar-refractivity contribution in [3.63, 3.8) is 0 Å². The van der Waals surface area contributed by atoms with Crippen molar-refractivity contribution in [3.8, 4) is 0 Å². The quantitative estimate of drug-likeness (QED) is 0.433. The Morgan fingerprint density at radius 3 is 2.82 bits per heavy atom. The molecule has 0 amide bonds. The first-order valence-electron chi connectivity index (χ1n) is 7.70. The molecule has 0 bridgehead atoms. The summed E-state index contributed by atoms with van der Waals surface area (Å²) in [5, 5.41) is 17.4. The number of guanidine groups is 1. The maximum atomic E-state index is 10.3. The highest BCUT2D eigenvalue weighted by molar-refractivity contribution is 14.0. The molecule has 2 N–H and O–H groups in total. The van der Waals surface area contributed by atoms with Gasteiger partial charge in [-0.05, 0) is 18.8 Å². The molecule has 1 heterocycles. The fourth-order valence-corrected chi connectivity index (χ4v) is 2.90. The SMILES string of the molecule is CN=C(NCC(O)C1CCCCC1)N(C)Cc1ccon1.I. The fraction of sp³-hybridized carbons (Fsp3) is 0.733. The molecule has 7 heteroatoms. The van der Waals surface area contributed by atoms with Crippen LogP contribution in [0.2, 0.25) is 0 Å². The number of hydrogen-bond acceptors (Lipinski definition) is 4. The van der Waals surface area contributed by atoms with Gasteiger partial charge in [0.05, 0.1) is 12.6 Å². The summed E-state index contributed by atoms with van der Waals surface area (Å²) in [7, 11) is 3.69. The molecule has 1 aromatic heterocycles. The highest BCUT2D eigenvalue weighted by Crippen LogP contribution is 2.26. The Bertz CT molecular complexity index is 433. The fourth-order valence-electron chi connectivity index (χ4n) is 2.90. The Kier molecular flexibility index (Phi) is 8.77. The molecule has 0 spiro atoms. The predicted molar refractivity (Wildman–Crippen MR) is 97.3 cm³/mol. The monoisotopic (exact) mass is 422 g/mol. The van der Waals surface area contributed by atoms with E-state index in [4.69, 9.17) is 4.52 Å². The number of halogens is 1. The molecular formula is C15H27IN4O2. The van der Waals surface area contributed by atoms with Crippen LogP contribution in [0.4, 0.5) is 0 Å². The molecule has 0 saturated heterocycles. The molecule has 1 aliphatic carbocycles. The third-order valence-corrected chi connectivity index (χ3v) is 4.13. The summed E-state index contributed by atoms with van der Waals surface area (Å²) in [5.74, 6) is 1.18. The van der Waals surface area contributed by atoms with E-state index in [-0.39, 0.29) is 30.1 Å². The van der Waals surface area contributed by atoms with E-state index >= 15 is 0 Å². The lowest BCUT2D eigenvalue weighted by molar-refractivity contribution is 0.0874. The van der Waals surface area contributed by atoms with E-state index in [0.717, 1.165) is 24.5 Å². The van der Waals surface area contributed by atoms with Gasteiger partial charge in [0.15, 0.2) is 5.96 Å². The Morgan fingerprint density at radius 1 is 1.50 bits per heavy atom. The van der Waals surface area contributed by atoms with Crippen LogP contribution < -0.4 is 5.32 Å². The number of rotatable bonds is 5. The molecule has 6 nitrogen and oxygen atoms in total. The third kappa shape index (κ3) is 5.75. The van der Waals surface area contributed by atoms with Gasteiger partial charge in [-0.1, -0.05) is 24.4 Å². The van der Waals surface area contributed by atoms with E-state index < -0.39 is 0 Å². The number of aliphatic hydroxyl groups is 1. The molecule has 22 heavy (non-hydrogen) atoms. The smallest absolute Gasteiger partial charge is 0.193 e. The largest absolute Gasteiger partial charge is 0.391 e. The highest BCUT2D eigenvalue weighted by atomic mass is 127. The van der Waals surface area contributed by atoms with Crippen LogP contribution in [-0.4, -0.2) is 47.9 Å². The van der Waals surface area contributed by atoms with E-state index in [1.165, 1.54) is 19.3 Å². The lowest BCUT2D eigenvalue weighted by atomic mass is 9.85. The van der Waals surface area contributed by atoms with Gasteiger partial charge in [0, 0.05) is 26.7 Å². The van der Waals surface area contributed by atoms with Crippen LogP contribution in [0.3, 0.4) is 0 Å². The standard InChI is InChI=1S/C15H26N4O2.HI/c1-16-15(19(2)11-13-8-9-21-18-13)17-10-14(20)12-6-4-3-5-7-12;/h8-9,12,14,20H,3-7,10-11H2,1-2H3,(H,16,17);1H. The predicted octanol–water partition coefficient (Wildman–Crippen LogP) is 2.24. The Morgan fingerprint density at radius 2 is 2.23 bits per heavy atom. The molecule has 0 aromatic carbocycles. The molecule has 1 saturated carbocycles. The van der Waals surface area contributed by atoms with Crippen molar-refractivity contribution in [2.24, 2.45) is 10.9 Å². The number of aliphatic imine (C=N–C) groups is 1. The van der Waals surface area contributed by atoms with Crippen LogP contribution in [0.15, 0.2) is 21.8 Å². The zero-order valence-corrected chi connectivity index (χ0v) is 15.7. The molecule has 0 aliphatic heterocycles. The Hall–Kier alpha value is -0.830. The van der Waals surface area contributed by atoms with Gasteiger partial charge < -0.3 is 19.8 Å².